The van der Waals surface area contributed by atoms with Gasteiger partial charge < -0.3 is 10.1 Å². The standard InChI is InChI=1S/C15H10Cl2N2O2/c16-13-5-4-12(7-14(13)17)21-9-15(20)19-11-3-1-2-10(6-11)8-18/h1-7H,9H2,(H,19,20). The number of ether oxygens (including phenoxy) is 1. The number of carbonyl (C=O) groups excluding carboxylic acids is 1. The van der Waals surface area contributed by atoms with E-state index in [9.17, 15) is 4.79 Å². The van der Waals surface area contributed by atoms with Crippen molar-refractivity contribution in [3.63, 3.8) is 0 Å². The minimum absolute atomic E-state index is 0.172. The molecule has 0 bridgehead atoms. The number of anilines is 1. The molecule has 0 unspecified atom stereocenters. The second-order valence-electron chi connectivity index (χ2n) is 4.11. The second-order valence-corrected chi connectivity index (χ2v) is 4.92. The second kappa shape index (κ2) is 6.98. The zero-order valence-corrected chi connectivity index (χ0v) is 12.3. The van der Waals surface area contributed by atoms with Crippen molar-refractivity contribution in [3.05, 3.63) is 58.1 Å². The smallest absolute Gasteiger partial charge is 0.262 e. The first kappa shape index (κ1) is 15.2. The summed E-state index contributed by atoms with van der Waals surface area (Å²) in [6.45, 7) is -0.172. The fourth-order valence-corrected chi connectivity index (χ4v) is 1.87. The number of halogens is 2. The summed E-state index contributed by atoms with van der Waals surface area (Å²) in [4.78, 5) is 11.8. The number of hydrogen-bond acceptors (Lipinski definition) is 3. The summed E-state index contributed by atoms with van der Waals surface area (Å²) in [6, 6.07) is 13.4. The van der Waals surface area contributed by atoms with Gasteiger partial charge in [0.05, 0.1) is 21.7 Å². The Labute approximate surface area is 131 Å². The Bertz CT molecular complexity index is 711. The van der Waals surface area contributed by atoms with Crippen LogP contribution < -0.4 is 10.1 Å². The van der Waals surface area contributed by atoms with Crippen LogP contribution in [0.25, 0.3) is 0 Å². The highest BCUT2D eigenvalue weighted by molar-refractivity contribution is 6.42. The number of amides is 1. The van der Waals surface area contributed by atoms with Crippen molar-refractivity contribution >= 4 is 34.8 Å². The first-order chi connectivity index (χ1) is 10.1. The third-order valence-electron chi connectivity index (χ3n) is 2.54. The first-order valence-electron chi connectivity index (χ1n) is 5.96. The van der Waals surface area contributed by atoms with E-state index in [-0.39, 0.29) is 12.5 Å². The zero-order chi connectivity index (χ0) is 15.2. The van der Waals surface area contributed by atoms with E-state index in [1.165, 1.54) is 6.07 Å². The van der Waals surface area contributed by atoms with Gasteiger partial charge >= 0.3 is 0 Å². The van der Waals surface area contributed by atoms with Crippen LogP contribution >= 0.6 is 23.2 Å². The number of benzene rings is 2. The summed E-state index contributed by atoms with van der Waals surface area (Å²) in [5.74, 6) is 0.112. The van der Waals surface area contributed by atoms with Crippen molar-refractivity contribution in [1.82, 2.24) is 0 Å². The highest BCUT2D eigenvalue weighted by atomic mass is 35.5. The number of rotatable bonds is 4. The predicted octanol–water partition coefficient (Wildman–Crippen LogP) is 3.88. The molecular formula is C15H10Cl2N2O2. The van der Waals surface area contributed by atoms with Gasteiger partial charge in [0.1, 0.15) is 5.75 Å². The molecule has 0 aliphatic rings. The predicted molar refractivity (Wildman–Crippen MR) is 81.7 cm³/mol. The van der Waals surface area contributed by atoms with Crippen molar-refractivity contribution in [1.29, 1.82) is 5.26 Å². The van der Waals surface area contributed by atoms with Gasteiger partial charge in [-0.15, -0.1) is 0 Å². The SMILES string of the molecule is N#Cc1cccc(NC(=O)COc2ccc(Cl)c(Cl)c2)c1. The maximum absolute atomic E-state index is 11.8. The van der Waals surface area contributed by atoms with Gasteiger partial charge in [-0.3, -0.25) is 4.79 Å². The van der Waals surface area contributed by atoms with E-state index in [0.717, 1.165) is 0 Å². The molecule has 0 fully saturated rings. The number of nitrogens with one attached hydrogen (secondary N) is 1. The molecule has 0 aliphatic heterocycles. The first-order valence-corrected chi connectivity index (χ1v) is 6.72. The average molecular weight is 321 g/mol. The van der Waals surface area contributed by atoms with Crippen molar-refractivity contribution < 1.29 is 9.53 Å². The fraction of sp³-hybridized carbons (Fsp3) is 0.0667. The highest BCUT2D eigenvalue weighted by Gasteiger charge is 2.06. The fourth-order valence-electron chi connectivity index (χ4n) is 1.58. The molecule has 0 aromatic heterocycles. The van der Waals surface area contributed by atoms with Crippen LogP contribution in [0, 0.1) is 11.3 Å². The lowest BCUT2D eigenvalue weighted by Gasteiger charge is -2.08. The molecule has 1 amide bonds. The molecule has 2 aromatic carbocycles. The molecule has 0 spiro atoms. The Morgan fingerprint density at radius 3 is 2.71 bits per heavy atom. The van der Waals surface area contributed by atoms with Crippen LogP contribution in [-0.2, 0) is 4.79 Å². The summed E-state index contributed by atoms with van der Waals surface area (Å²) >= 11 is 11.6. The van der Waals surface area contributed by atoms with Crippen molar-refractivity contribution in [2.45, 2.75) is 0 Å². The Balaban J connectivity index is 1.92. The summed E-state index contributed by atoms with van der Waals surface area (Å²) in [6.07, 6.45) is 0. The van der Waals surface area contributed by atoms with E-state index >= 15 is 0 Å². The van der Waals surface area contributed by atoms with E-state index in [0.29, 0.717) is 27.0 Å². The number of hydrogen-bond donors (Lipinski definition) is 1. The van der Waals surface area contributed by atoms with Gasteiger partial charge in [-0.2, -0.15) is 5.26 Å². The molecule has 2 aromatic rings. The molecule has 0 atom stereocenters. The minimum atomic E-state index is -0.337. The summed E-state index contributed by atoms with van der Waals surface area (Å²) in [5, 5.41) is 12.2. The third kappa shape index (κ3) is 4.38. The van der Waals surface area contributed by atoms with Gasteiger partial charge in [0.25, 0.3) is 5.91 Å². The molecule has 2 rings (SSSR count). The Hall–Kier alpha value is -2.22. The number of nitriles is 1. The van der Waals surface area contributed by atoms with E-state index in [1.807, 2.05) is 6.07 Å². The summed E-state index contributed by atoms with van der Waals surface area (Å²) < 4.78 is 5.31. The highest BCUT2D eigenvalue weighted by Crippen LogP contribution is 2.26. The van der Waals surface area contributed by atoms with Crippen LogP contribution in [0.15, 0.2) is 42.5 Å². The molecule has 6 heteroatoms. The number of carbonyl (C=O) groups is 1. The quantitative estimate of drug-likeness (QED) is 0.929. The lowest BCUT2D eigenvalue weighted by atomic mass is 10.2. The van der Waals surface area contributed by atoms with Crippen molar-refractivity contribution in [3.8, 4) is 11.8 Å². The molecule has 0 saturated heterocycles. The monoisotopic (exact) mass is 320 g/mol. The van der Waals surface area contributed by atoms with E-state index in [1.54, 1.807) is 36.4 Å². The molecule has 0 aliphatic carbocycles. The van der Waals surface area contributed by atoms with E-state index in [4.69, 9.17) is 33.2 Å². The normalized spacial score (nSPS) is 9.76. The van der Waals surface area contributed by atoms with Crippen LogP contribution in [0.2, 0.25) is 10.0 Å². The topological polar surface area (TPSA) is 62.1 Å². The summed E-state index contributed by atoms with van der Waals surface area (Å²) in [7, 11) is 0. The van der Waals surface area contributed by atoms with Crippen LogP contribution in [0.1, 0.15) is 5.56 Å². The molecule has 106 valence electrons. The minimum Gasteiger partial charge on any atom is -0.484 e. The van der Waals surface area contributed by atoms with Gasteiger partial charge in [-0.25, -0.2) is 0 Å². The third-order valence-corrected chi connectivity index (χ3v) is 3.28. The van der Waals surface area contributed by atoms with Gasteiger partial charge in [0.15, 0.2) is 6.61 Å². The molecule has 4 nitrogen and oxygen atoms in total. The largest absolute Gasteiger partial charge is 0.484 e. The van der Waals surface area contributed by atoms with E-state index in [2.05, 4.69) is 5.32 Å². The molecule has 21 heavy (non-hydrogen) atoms. The van der Waals surface area contributed by atoms with Crippen LogP contribution in [0.4, 0.5) is 5.69 Å². The average Bonchev–Trinajstić information content (AvgIpc) is 2.48. The van der Waals surface area contributed by atoms with Crippen LogP contribution in [0.5, 0.6) is 5.75 Å². The Kier molecular flexibility index (Phi) is 5.04. The lowest BCUT2D eigenvalue weighted by Crippen LogP contribution is -2.20. The molecule has 1 N–H and O–H groups in total. The molecule has 0 heterocycles. The molecular weight excluding hydrogens is 311 g/mol. The van der Waals surface area contributed by atoms with Crippen molar-refractivity contribution in [2.75, 3.05) is 11.9 Å². The van der Waals surface area contributed by atoms with Gasteiger partial charge in [0.2, 0.25) is 0 Å². The van der Waals surface area contributed by atoms with Crippen molar-refractivity contribution in [2.24, 2.45) is 0 Å². The van der Waals surface area contributed by atoms with Crippen LogP contribution in [0.3, 0.4) is 0 Å². The molecule has 0 saturated carbocycles. The molecule has 0 radical (unpaired) electrons. The van der Waals surface area contributed by atoms with Gasteiger partial charge in [0, 0.05) is 11.8 Å². The zero-order valence-electron chi connectivity index (χ0n) is 10.8. The number of nitrogens with zero attached hydrogens (tertiary/aromatic N) is 1. The maximum atomic E-state index is 11.8. The van der Waals surface area contributed by atoms with E-state index < -0.39 is 0 Å². The van der Waals surface area contributed by atoms with Crippen LogP contribution in [-0.4, -0.2) is 12.5 Å². The summed E-state index contributed by atoms with van der Waals surface area (Å²) in [5.41, 5.74) is 1.01. The van der Waals surface area contributed by atoms with Gasteiger partial charge in [-0.1, -0.05) is 29.3 Å². The Morgan fingerprint density at radius 2 is 2.00 bits per heavy atom. The Morgan fingerprint density at radius 1 is 1.19 bits per heavy atom. The van der Waals surface area contributed by atoms with Gasteiger partial charge in [-0.05, 0) is 30.3 Å². The maximum Gasteiger partial charge on any atom is 0.262 e. The lowest BCUT2D eigenvalue weighted by molar-refractivity contribution is -0.118.